The van der Waals surface area contributed by atoms with Gasteiger partial charge in [0.05, 0.1) is 12.7 Å². The van der Waals surface area contributed by atoms with Crippen molar-refractivity contribution in [2.75, 3.05) is 6.61 Å². The molecule has 1 aromatic rings. The molecular weight excluding hydrogens is 164 g/mol. The Bertz CT molecular complexity index is 258. The van der Waals surface area contributed by atoms with E-state index in [0.717, 1.165) is 12.0 Å². The first-order valence-electron chi connectivity index (χ1n) is 4.63. The van der Waals surface area contributed by atoms with Crippen LogP contribution in [0.1, 0.15) is 18.1 Å². The molecule has 0 aliphatic heterocycles. The van der Waals surface area contributed by atoms with E-state index in [2.05, 4.69) is 19.1 Å². The molecule has 0 unspecified atom stereocenters. The molecule has 0 spiro atoms. The summed E-state index contributed by atoms with van der Waals surface area (Å²) in [6.07, 6.45) is 0.903. The average molecular weight is 180 g/mol. The van der Waals surface area contributed by atoms with Crippen molar-refractivity contribution in [1.29, 1.82) is 0 Å². The van der Waals surface area contributed by atoms with E-state index < -0.39 is 6.10 Å². The van der Waals surface area contributed by atoms with E-state index in [4.69, 9.17) is 5.11 Å². The zero-order chi connectivity index (χ0) is 9.68. The van der Waals surface area contributed by atoms with Crippen molar-refractivity contribution in [1.82, 2.24) is 0 Å². The number of hydrogen-bond donors (Lipinski definition) is 2. The highest BCUT2D eigenvalue weighted by Crippen LogP contribution is 2.08. The molecule has 0 saturated heterocycles. The topological polar surface area (TPSA) is 40.5 Å². The fraction of sp³-hybridized carbons (Fsp3) is 0.455. The normalized spacial score (nSPS) is 12.8. The van der Waals surface area contributed by atoms with Gasteiger partial charge in [-0.3, -0.25) is 0 Å². The van der Waals surface area contributed by atoms with E-state index in [1.54, 1.807) is 0 Å². The summed E-state index contributed by atoms with van der Waals surface area (Å²) < 4.78 is 0. The van der Waals surface area contributed by atoms with E-state index in [9.17, 15) is 5.11 Å². The van der Waals surface area contributed by atoms with Crippen LogP contribution in [0.15, 0.2) is 24.3 Å². The fourth-order valence-corrected chi connectivity index (χ4v) is 1.31. The van der Waals surface area contributed by atoms with E-state index in [-0.39, 0.29) is 6.61 Å². The predicted octanol–water partition coefficient (Wildman–Crippen LogP) is 1.14. The smallest absolute Gasteiger partial charge is 0.0811 e. The molecule has 2 heteroatoms. The van der Waals surface area contributed by atoms with Crippen LogP contribution in [0.4, 0.5) is 0 Å². The van der Waals surface area contributed by atoms with Crippen molar-refractivity contribution in [2.45, 2.75) is 25.9 Å². The predicted molar refractivity (Wildman–Crippen MR) is 52.6 cm³/mol. The molecule has 1 atom stereocenters. The van der Waals surface area contributed by atoms with Gasteiger partial charge in [0.25, 0.3) is 0 Å². The molecular formula is C11H16O2. The zero-order valence-electron chi connectivity index (χ0n) is 7.90. The molecule has 1 aromatic carbocycles. The summed E-state index contributed by atoms with van der Waals surface area (Å²) in [4.78, 5) is 0. The Morgan fingerprint density at radius 2 is 2.00 bits per heavy atom. The molecule has 0 aliphatic carbocycles. The Morgan fingerprint density at radius 1 is 1.31 bits per heavy atom. The molecule has 0 saturated carbocycles. The van der Waals surface area contributed by atoms with Crippen LogP contribution in [0.5, 0.6) is 0 Å². The van der Waals surface area contributed by atoms with Crippen molar-refractivity contribution in [3.63, 3.8) is 0 Å². The van der Waals surface area contributed by atoms with Crippen molar-refractivity contribution >= 4 is 0 Å². The first-order valence-corrected chi connectivity index (χ1v) is 4.63. The van der Waals surface area contributed by atoms with Gasteiger partial charge in [0.1, 0.15) is 0 Å². The number of aliphatic hydroxyl groups is 2. The maximum atomic E-state index is 9.22. The molecule has 0 amide bonds. The maximum Gasteiger partial charge on any atom is 0.0811 e. The second kappa shape index (κ2) is 5.00. The number of rotatable bonds is 4. The van der Waals surface area contributed by atoms with Gasteiger partial charge < -0.3 is 10.2 Å². The quantitative estimate of drug-likeness (QED) is 0.729. The summed E-state index contributed by atoms with van der Waals surface area (Å²) in [6, 6.07) is 8.09. The van der Waals surface area contributed by atoms with Gasteiger partial charge in [-0.05, 0) is 17.5 Å². The summed E-state index contributed by atoms with van der Waals surface area (Å²) in [5.74, 6) is 0. The standard InChI is InChI=1S/C11H16O2/c1-2-9-4-3-5-10(6-9)7-11(13)8-12/h3-6,11-13H,2,7-8H2,1H3/t11-/m0/s1. The Hall–Kier alpha value is -0.860. The SMILES string of the molecule is CCc1cccc(C[C@H](O)CO)c1. The molecule has 1 rings (SSSR count). The summed E-state index contributed by atoms with van der Waals surface area (Å²) in [7, 11) is 0. The second-order valence-corrected chi connectivity index (χ2v) is 3.21. The van der Waals surface area contributed by atoms with Crippen molar-refractivity contribution in [2.24, 2.45) is 0 Å². The summed E-state index contributed by atoms with van der Waals surface area (Å²) in [5, 5.41) is 17.9. The van der Waals surface area contributed by atoms with Gasteiger partial charge >= 0.3 is 0 Å². The van der Waals surface area contributed by atoms with Crippen LogP contribution in [-0.2, 0) is 12.8 Å². The minimum Gasteiger partial charge on any atom is -0.394 e. The summed E-state index contributed by atoms with van der Waals surface area (Å²) >= 11 is 0. The molecule has 2 nitrogen and oxygen atoms in total. The van der Waals surface area contributed by atoms with E-state index >= 15 is 0 Å². The molecule has 2 N–H and O–H groups in total. The van der Waals surface area contributed by atoms with Gasteiger partial charge in [-0.15, -0.1) is 0 Å². The van der Waals surface area contributed by atoms with Crippen molar-refractivity contribution in [3.05, 3.63) is 35.4 Å². The highest BCUT2D eigenvalue weighted by atomic mass is 16.3. The second-order valence-electron chi connectivity index (χ2n) is 3.21. The summed E-state index contributed by atoms with van der Waals surface area (Å²) in [5.41, 5.74) is 2.35. The number of aryl methyl sites for hydroxylation is 1. The van der Waals surface area contributed by atoms with Crippen LogP contribution in [-0.4, -0.2) is 22.9 Å². The lowest BCUT2D eigenvalue weighted by Crippen LogP contribution is -2.15. The third-order valence-corrected chi connectivity index (χ3v) is 2.08. The van der Waals surface area contributed by atoms with Gasteiger partial charge in [-0.1, -0.05) is 31.2 Å². The monoisotopic (exact) mass is 180 g/mol. The first kappa shape index (κ1) is 10.2. The van der Waals surface area contributed by atoms with Crippen LogP contribution in [0, 0.1) is 0 Å². The highest BCUT2D eigenvalue weighted by Gasteiger charge is 2.03. The first-order chi connectivity index (χ1) is 6.26. The Balaban J connectivity index is 2.66. The molecule has 0 bridgehead atoms. The lowest BCUT2D eigenvalue weighted by atomic mass is 10.0. The molecule has 0 aromatic heterocycles. The number of benzene rings is 1. The third kappa shape index (κ3) is 3.17. The van der Waals surface area contributed by atoms with Crippen LogP contribution in [0.25, 0.3) is 0 Å². The lowest BCUT2D eigenvalue weighted by Gasteiger charge is -2.07. The van der Waals surface area contributed by atoms with Crippen LogP contribution >= 0.6 is 0 Å². The van der Waals surface area contributed by atoms with Crippen molar-refractivity contribution < 1.29 is 10.2 Å². The van der Waals surface area contributed by atoms with E-state index in [1.165, 1.54) is 5.56 Å². The summed E-state index contributed by atoms with van der Waals surface area (Å²) in [6.45, 7) is 1.93. The molecule has 0 radical (unpaired) electrons. The molecule has 72 valence electrons. The van der Waals surface area contributed by atoms with Gasteiger partial charge in [0, 0.05) is 6.42 Å². The van der Waals surface area contributed by atoms with Gasteiger partial charge in [-0.2, -0.15) is 0 Å². The van der Waals surface area contributed by atoms with Crippen molar-refractivity contribution in [3.8, 4) is 0 Å². The maximum absolute atomic E-state index is 9.22. The Morgan fingerprint density at radius 3 is 2.62 bits per heavy atom. The number of aliphatic hydroxyl groups excluding tert-OH is 2. The van der Waals surface area contributed by atoms with Crippen LogP contribution in [0.2, 0.25) is 0 Å². The third-order valence-electron chi connectivity index (χ3n) is 2.08. The van der Waals surface area contributed by atoms with Crippen LogP contribution in [0.3, 0.4) is 0 Å². The zero-order valence-corrected chi connectivity index (χ0v) is 7.90. The molecule has 0 fully saturated rings. The lowest BCUT2D eigenvalue weighted by molar-refractivity contribution is 0.0955. The minimum atomic E-state index is -0.632. The Kier molecular flexibility index (Phi) is 3.93. The van der Waals surface area contributed by atoms with Gasteiger partial charge in [-0.25, -0.2) is 0 Å². The van der Waals surface area contributed by atoms with E-state index in [1.807, 2.05) is 12.1 Å². The number of hydrogen-bond acceptors (Lipinski definition) is 2. The van der Waals surface area contributed by atoms with Gasteiger partial charge in [0.15, 0.2) is 0 Å². The Labute approximate surface area is 78.8 Å². The average Bonchev–Trinajstić information content (AvgIpc) is 2.18. The minimum absolute atomic E-state index is 0.170. The van der Waals surface area contributed by atoms with Gasteiger partial charge in [0.2, 0.25) is 0 Å². The molecule has 0 aliphatic rings. The molecule has 0 heterocycles. The highest BCUT2D eigenvalue weighted by molar-refractivity contribution is 5.23. The largest absolute Gasteiger partial charge is 0.394 e. The molecule has 13 heavy (non-hydrogen) atoms. The van der Waals surface area contributed by atoms with Crippen LogP contribution < -0.4 is 0 Å². The van der Waals surface area contributed by atoms with E-state index in [0.29, 0.717) is 6.42 Å². The fourth-order valence-electron chi connectivity index (χ4n) is 1.31.